The van der Waals surface area contributed by atoms with Crippen molar-refractivity contribution in [2.45, 2.75) is 26.8 Å². The molecule has 0 aliphatic heterocycles. The molecule has 0 fully saturated rings. The molecule has 0 atom stereocenters. The predicted molar refractivity (Wildman–Crippen MR) is 141 cm³/mol. The van der Waals surface area contributed by atoms with Crippen LogP contribution in [0.5, 0.6) is 5.75 Å². The number of nitrogens with zero attached hydrogens (tertiary/aromatic N) is 2. The Morgan fingerprint density at radius 1 is 1.06 bits per heavy atom. The van der Waals surface area contributed by atoms with Crippen LogP contribution in [-0.4, -0.2) is 14.7 Å². The highest BCUT2D eigenvalue weighted by atomic mass is 35.5. The van der Waals surface area contributed by atoms with E-state index in [-0.39, 0.29) is 16.9 Å². The van der Waals surface area contributed by atoms with E-state index >= 15 is 0 Å². The van der Waals surface area contributed by atoms with Gasteiger partial charge in [0, 0.05) is 21.1 Å². The number of aromatic nitrogens is 2. The number of halogens is 2. The lowest BCUT2D eigenvalue weighted by atomic mass is 10.1. The van der Waals surface area contributed by atoms with E-state index in [1.807, 2.05) is 55.5 Å². The Balaban J connectivity index is 1.74. The van der Waals surface area contributed by atoms with Crippen LogP contribution < -0.4 is 5.56 Å². The molecule has 176 valence electrons. The summed E-state index contributed by atoms with van der Waals surface area (Å²) in [5.41, 5.74) is 3.00. The van der Waals surface area contributed by atoms with Crippen LogP contribution in [0.25, 0.3) is 31.9 Å². The van der Waals surface area contributed by atoms with Gasteiger partial charge in [-0.1, -0.05) is 48.0 Å². The van der Waals surface area contributed by atoms with Crippen molar-refractivity contribution in [2.75, 3.05) is 0 Å². The maximum absolute atomic E-state index is 14.2. The van der Waals surface area contributed by atoms with Crippen molar-refractivity contribution in [3.63, 3.8) is 0 Å². The molecule has 0 aliphatic rings. The topological polar surface area (TPSA) is 55.1 Å². The Hall–Kier alpha value is -3.48. The second kappa shape index (κ2) is 9.29. The van der Waals surface area contributed by atoms with E-state index in [2.05, 4.69) is 0 Å². The molecule has 0 unspecified atom stereocenters. The SMILES string of the molecule is Cc1nc(-c2cccc(F)c2O)n(CCc2ccccc2)c(=O)c1-c1sc2ccc(Cl)cc2c1C. The van der Waals surface area contributed by atoms with Crippen LogP contribution in [0.2, 0.25) is 5.02 Å². The summed E-state index contributed by atoms with van der Waals surface area (Å²) in [5, 5.41) is 12.1. The number of hydrogen-bond donors (Lipinski definition) is 1. The van der Waals surface area contributed by atoms with Crippen molar-refractivity contribution in [1.29, 1.82) is 0 Å². The summed E-state index contributed by atoms with van der Waals surface area (Å²) in [6.45, 7) is 4.07. The number of phenols is 1. The fourth-order valence-electron chi connectivity index (χ4n) is 4.35. The van der Waals surface area contributed by atoms with Gasteiger partial charge in [0.25, 0.3) is 5.56 Å². The number of benzene rings is 3. The Labute approximate surface area is 210 Å². The number of fused-ring (bicyclic) bond motifs is 1. The molecule has 35 heavy (non-hydrogen) atoms. The van der Waals surface area contributed by atoms with Crippen molar-refractivity contribution >= 4 is 33.0 Å². The van der Waals surface area contributed by atoms with Crippen LogP contribution in [0.4, 0.5) is 4.39 Å². The van der Waals surface area contributed by atoms with E-state index in [1.165, 1.54) is 23.5 Å². The van der Waals surface area contributed by atoms with Gasteiger partial charge in [-0.05, 0) is 67.1 Å². The number of aryl methyl sites for hydroxylation is 3. The molecule has 5 rings (SSSR count). The number of phenolic OH excluding ortho intramolecular Hbond substituents is 1. The summed E-state index contributed by atoms with van der Waals surface area (Å²) < 4.78 is 16.8. The summed E-state index contributed by atoms with van der Waals surface area (Å²) in [4.78, 5) is 19.6. The third-order valence-electron chi connectivity index (χ3n) is 6.17. The minimum atomic E-state index is -0.759. The van der Waals surface area contributed by atoms with Gasteiger partial charge in [0.05, 0.1) is 16.8 Å². The highest BCUT2D eigenvalue weighted by Gasteiger charge is 2.23. The van der Waals surface area contributed by atoms with Gasteiger partial charge >= 0.3 is 0 Å². The molecule has 2 aromatic heterocycles. The summed E-state index contributed by atoms with van der Waals surface area (Å²) in [5.74, 6) is -1.04. The van der Waals surface area contributed by atoms with Crippen LogP contribution in [0.3, 0.4) is 0 Å². The second-order valence-corrected chi connectivity index (χ2v) is 9.91. The first-order valence-electron chi connectivity index (χ1n) is 11.2. The van der Waals surface area contributed by atoms with E-state index < -0.39 is 11.6 Å². The fraction of sp³-hybridized carbons (Fsp3) is 0.143. The molecule has 0 radical (unpaired) electrons. The highest BCUT2D eigenvalue weighted by Crippen LogP contribution is 2.39. The molecule has 1 N–H and O–H groups in total. The van der Waals surface area contributed by atoms with Crippen LogP contribution in [0.15, 0.2) is 71.5 Å². The first-order valence-corrected chi connectivity index (χ1v) is 12.4. The number of thiophene rings is 1. The standard InChI is InChI=1S/C28H22ClFN2O2S/c1-16-21-15-19(29)11-12-23(21)35-26(16)24-17(2)31-27(20-9-6-10-22(30)25(20)33)32(28(24)34)14-13-18-7-4-3-5-8-18/h3-12,15,33H,13-14H2,1-2H3. The van der Waals surface area contributed by atoms with E-state index in [4.69, 9.17) is 16.6 Å². The molecule has 0 spiro atoms. The highest BCUT2D eigenvalue weighted by molar-refractivity contribution is 7.22. The van der Waals surface area contributed by atoms with E-state index in [0.717, 1.165) is 26.1 Å². The van der Waals surface area contributed by atoms with Crippen molar-refractivity contribution in [1.82, 2.24) is 9.55 Å². The molecule has 0 saturated carbocycles. The van der Waals surface area contributed by atoms with Gasteiger partial charge in [0.2, 0.25) is 0 Å². The zero-order valence-electron chi connectivity index (χ0n) is 19.2. The zero-order chi connectivity index (χ0) is 24.7. The van der Waals surface area contributed by atoms with Crippen LogP contribution in [-0.2, 0) is 13.0 Å². The summed E-state index contributed by atoms with van der Waals surface area (Å²) in [6.07, 6.45) is 0.578. The van der Waals surface area contributed by atoms with Crippen molar-refractivity contribution in [3.8, 4) is 27.6 Å². The summed E-state index contributed by atoms with van der Waals surface area (Å²) >= 11 is 7.74. The van der Waals surface area contributed by atoms with Gasteiger partial charge in [-0.2, -0.15) is 0 Å². The quantitative estimate of drug-likeness (QED) is 0.276. The third-order valence-corrected chi connectivity index (χ3v) is 7.70. The Morgan fingerprint density at radius 3 is 2.60 bits per heavy atom. The maximum atomic E-state index is 14.2. The smallest absolute Gasteiger partial charge is 0.262 e. The first kappa shape index (κ1) is 23.3. The number of para-hydroxylation sites is 1. The second-order valence-electron chi connectivity index (χ2n) is 8.42. The summed E-state index contributed by atoms with van der Waals surface area (Å²) in [6, 6.07) is 19.8. The average molecular weight is 505 g/mol. The molecule has 3 aromatic carbocycles. The number of aromatic hydroxyl groups is 1. The summed E-state index contributed by atoms with van der Waals surface area (Å²) in [7, 11) is 0. The minimum absolute atomic E-state index is 0.185. The maximum Gasteiger partial charge on any atom is 0.262 e. The van der Waals surface area contributed by atoms with Crippen LogP contribution >= 0.6 is 22.9 Å². The predicted octanol–water partition coefficient (Wildman–Crippen LogP) is 7.15. The van der Waals surface area contributed by atoms with Gasteiger partial charge in [-0.25, -0.2) is 9.37 Å². The first-order chi connectivity index (χ1) is 16.8. The average Bonchev–Trinajstić information content (AvgIpc) is 3.16. The van der Waals surface area contributed by atoms with Crippen molar-refractivity contribution in [2.24, 2.45) is 0 Å². The molecular formula is C28H22ClFN2O2S. The molecule has 2 heterocycles. The van der Waals surface area contributed by atoms with Gasteiger partial charge in [0.1, 0.15) is 5.82 Å². The number of rotatable bonds is 5. The molecular weight excluding hydrogens is 483 g/mol. The monoisotopic (exact) mass is 504 g/mol. The fourth-order valence-corrected chi connectivity index (χ4v) is 5.80. The zero-order valence-corrected chi connectivity index (χ0v) is 20.8. The molecule has 5 aromatic rings. The number of hydrogen-bond acceptors (Lipinski definition) is 4. The van der Waals surface area contributed by atoms with E-state index in [9.17, 15) is 14.3 Å². The molecule has 4 nitrogen and oxygen atoms in total. The molecule has 0 bridgehead atoms. The van der Waals surface area contributed by atoms with Gasteiger partial charge in [-0.15, -0.1) is 11.3 Å². The Kier molecular flexibility index (Phi) is 6.17. The van der Waals surface area contributed by atoms with Gasteiger partial charge in [-0.3, -0.25) is 9.36 Å². The van der Waals surface area contributed by atoms with Crippen LogP contribution in [0, 0.1) is 19.7 Å². The van der Waals surface area contributed by atoms with Crippen LogP contribution in [0.1, 0.15) is 16.8 Å². The van der Waals surface area contributed by atoms with Crippen molar-refractivity contribution < 1.29 is 9.50 Å². The largest absolute Gasteiger partial charge is 0.504 e. The lowest BCUT2D eigenvalue weighted by molar-refractivity contribution is 0.433. The molecule has 0 aliphatic carbocycles. The molecule has 0 amide bonds. The Bertz CT molecular complexity index is 1630. The lowest BCUT2D eigenvalue weighted by Crippen LogP contribution is -2.27. The minimum Gasteiger partial charge on any atom is -0.504 e. The van der Waals surface area contributed by atoms with E-state index in [0.29, 0.717) is 29.2 Å². The lowest BCUT2D eigenvalue weighted by Gasteiger charge is -2.17. The third kappa shape index (κ3) is 4.24. The molecule has 7 heteroatoms. The van der Waals surface area contributed by atoms with Gasteiger partial charge < -0.3 is 5.11 Å². The Morgan fingerprint density at radius 2 is 1.83 bits per heavy atom. The molecule has 0 saturated heterocycles. The van der Waals surface area contributed by atoms with E-state index in [1.54, 1.807) is 17.6 Å². The van der Waals surface area contributed by atoms with Gasteiger partial charge in [0.15, 0.2) is 11.6 Å². The van der Waals surface area contributed by atoms with Crippen molar-refractivity contribution in [3.05, 3.63) is 105 Å². The normalized spacial score (nSPS) is 11.3.